The summed E-state index contributed by atoms with van der Waals surface area (Å²) in [7, 11) is 0. The molecule has 2 atom stereocenters. The topological polar surface area (TPSA) is 56.3 Å². The lowest BCUT2D eigenvalue weighted by atomic mass is 10.2. The number of ether oxygens (including phenoxy) is 2. The maximum absolute atomic E-state index is 5.68. The number of thiophene rings is 1. The molecule has 19 heavy (non-hydrogen) atoms. The molecule has 0 unspecified atom stereocenters. The zero-order valence-electron chi connectivity index (χ0n) is 11.0. The fourth-order valence-corrected chi connectivity index (χ4v) is 3.08. The van der Waals surface area contributed by atoms with E-state index in [1.807, 2.05) is 25.3 Å². The van der Waals surface area contributed by atoms with Crippen molar-refractivity contribution in [1.29, 1.82) is 0 Å². The molecule has 0 aliphatic carbocycles. The number of nitrogens with zero attached hydrogens (tertiary/aromatic N) is 2. The number of hydrogen-bond donors (Lipinski definition) is 1. The van der Waals surface area contributed by atoms with Crippen LogP contribution >= 0.6 is 11.3 Å². The summed E-state index contributed by atoms with van der Waals surface area (Å²) < 4.78 is 12.3. The Morgan fingerprint density at radius 2 is 2.37 bits per heavy atom. The van der Waals surface area contributed by atoms with Crippen molar-refractivity contribution in [3.8, 4) is 0 Å². The molecule has 3 heterocycles. The van der Waals surface area contributed by atoms with Gasteiger partial charge in [0.25, 0.3) is 0 Å². The molecular formula is C13H17N3O2S. The van der Waals surface area contributed by atoms with Crippen LogP contribution in [0, 0.1) is 6.92 Å². The Bertz CT molecular complexity index is 572. The summed E-state index contributed by atoms with van der Waals surface area (Å²) in [5, 5.41) is 5.49. The highest BCUT2D eigenvalue weighted by Gasteiger charge is 2.29. The highest BCUT2D eigenvalue weighted by Crippen LogP contribution is 2.27. The zero-order chi connectivity index (χ0) is 13.2. The van der Waals surface area contributed by atoms with Gasteiger partial charge in [-0.2, -0.15) is 0 Å². The molecule has 1 saturated heterocycles. The van der Waals surface area contributed by atoms with E-state index in [4.69, 9.17) is 9.47 Å². The van der Waals surface area contributed by atoms with E-state index in [1.165, 1.54) is 0 Å². The third-order valence-electron chi connectivity index (χ3n) is 3.15. The van der Waals surface area contributed by atoms with Gasteiger partial charge < -0.3 is 14.8 Å². The zero-order valence-corrected chi connectivity index (χ0v) is 11.9. The van der Waals surface area contributed by atoms with Gasteiger partial charge in [0.2, 0.25) is 0 Å². The summed E-state index contributed by atoms with van der Waals surface area (Å²) in [6.07, 6.45) is 0.0929. The molecule has 1 fully saturated rings. The first-order valence-electron chi connectivity index (χ1n) is 6.45. The average molecular weight is 279 g/mol. The minimum Gasteiger partial charge on any atom is -0.376 e. The van der Waals surface area contributed by atoms with E-state index in [-0.39, 0.29) is 12.1 Å². The molecule has 2 aromatic heterocycles. The van der Waals surface area contributed by atoms with Gasteiger partial charge in [-0.25, -0.2) is 9.97 Å². The molecule has 1 aliphatic rings. The van der Waals surface area contributed by atoms with Crippen LogP contribution in [0.25, 0.3) is 10.2 Å². The molecule has 1 aliphatic heterocycles. The summed E-state index contributed by atoms with van der Waals surface area (Å²) in [4.78, 5) is 8.93. The van der Waals surface area contributed by atoms with Crippen LogP contribution in [0.2, 0.25) is 0 Å². The maximum atomic E-state index is 5.68. The molecule has 0 spiro atoms. The molecule has 0 aromatic carbocycles. The Morgan fingerprint density at radius 1 is 1.47 bits per heavy atom. The second-order valence-corrected chi connectivity index (χ2v) is 5.45. The van der Waals surface area contributed by atoms with Crippen molar-refractivity contribution in [3.63, 3.8) is 0 Å². The first-order chi connectivity index (χ1) is 9.28. The van der Waals surface area contributed by atoms with Crippen LogP contribution in [0.15, 0.2) is 11.4 Å². The Morgan fingerprint density at radius 3 is 3.21 bits per heavy atom. The van der Waals surface area contributed by atoms with E-state index in [9.17, 15) is 0 Å². The number of aryl methyl sites for hydroxylation is 1. The van der Waals surface area contributed by atoms with Crippen molar-refractivity contribution in [2.45, 2.75) is 26.0 Å². The molecule has 0 bridgehead atoms. The van der Waals surface area contributed by atoms with Gasteiger partial charge in [0.05, 0.1) is 29.5 Å². The normalized spacial score (nSPS) is 23.1. The van der Waals surface area contributed by atoms with Crippen LogP contribution in [0.1, 0.15) is 12.7 Å². The van der Waals surface area contributed by atoms with Gasteiger partial charge in [-0.3, -0.25) is 0 Å². The van der Waals surface area contributed by atoms with Crippen LogP contribution in [0.5, 0.6) is 0 Å². The van der Waals surface area contributed by atoms with Gasteiger partial charge in [-0.15, -0.1) is 11.3 Å². The smallest absolute Gasteiger partial charge is 0.148 e. The first kappa shape index (κ1) is 12.8. The molecule has 0 radical (unpaired) electrons. The molecule has 0 amide bonds. The van der Waals surface area contributed by atoms with E-state index in [0.29, 0.717) is 19.8 Å². The molecule has 5 nitrogen and oxygen atoms in total. The summed E-state index contributed by atoms with van der Waals surface area (Å²) in [5.41, 5.74) is 0.992. The monoisotopic (exact) mass is 279 g/mol. The van der Waals surface area contributed by atoms with Crippen LogP contribution in [0.3, 0.4) is 0 Å². The standard InChI is InChI=1S/C13H17N3O2S/c1-3-18-11-7-17-6-10(11)16-13-12-9(4-5-19-12)14-8(2)15-13/h4-5,10-11H,3,6-7H2,1-2H3,(H,14,15,16)/t10-,11-/m0/s1. The van der Waals surface area contributed by atoms with E-state index in [2.05, 4.69) is 15.3 Å². The predicted octanol–water partition coefficient (Wildman–Crippen LogP) is 2.22. The number of aromatic nitrogens is 2. The van der Waals surface area contributed by atoms with E-state index < -0.39 is 0 Å². The van der Waals surface area contributed by atoms with Gasteiger partial charge in [0, 0.05) is 6.61 Å². The van der Waals surface area contributed by atoms with Crippen molar-refractivity contribution in [2.75, 3.05) is 25.1 Å². The molecular weight excluding hydrogens is 262 g/mol. The Labute approximate surface area is 116 Å². The molecule has 6 heteroatoms. The second kappa shape index (κ2) is 5.40. The van der Waals surface area contributed by atoms with Crippen molar-refractivity contribution >= 4 is 27.4 Å². The minimum absolute atomic E-state index is 0.0929. The third kappa shape index (κ3) is 2.56. The van der Waals surface area contributed by atoms with E-state index >= 15 is 0 Å². The largest absolute Gasteiger partial charge is 0.376 e. The van der Waals surface area contributed by atoms with Crippen molar-refractivity contribution < 1.29 is 9.47 Å². The predicted molar refractivity (Wildman–Crippen MR) is 75.8 cm³/mol. The molecule has 2 aromatic rings. The van der Waals surface area contributed by atoms with E-state index in [1.54, 1.807) is 11.3 Å². The van der Waals surface area contributed by atoms with Crippen molar-refractivity contribution in [3.05, 3.63) is 17.3 Å². The lowest BCUT2D eigenvalue weighted by Gasteiger charge is -2.19. The van der Waals surface area contributed by atoms with Crippen LogP contribution in [-0.2, 0) is 9.47 Å². The van der Waals surface area contributed by atoms with Gasteiger partial charge in [-0.1, -0.05) is 0 Å². The number of hydrogen-bond acceptors (Lipinski definition) is 6. The molecule has 1 N–H and O–H groups in total. The van der Waals surface area contributed by atoms with Crippen LogP contribution < -0.4 is 5.32 Å². The highest BCUT2D eigenvalue weighted by molar-refractivity contribution is 7.17. The fraction of sp³-hybridized carbons (Fsp3) is 0.538. The minimum atomic E-state index is 0.0929. The van der Waals surface area contributed by atoms with Crippen LogP contribution in [0.4, 0.5) is 5.82 Å². The summed E-state index contributed by atoms with van der Waals surface area (Å²) in [6.45, 7) is 5.91. The lowest BCUT2D eigenvalue weighted by molar-refractivity contribution is 0.0478. The first-order valence-corrected chi connectivity index (χ1v) is 7.33. The Hall–Kier alpha value is -1.24. The Kier molecular flexibility index (Phi) is 3.63. The second-order valence-electron chi connectivity index (χ2n) is 4.54. The van der Waals surface area contributed by atoms with Gasteiger partial charge in [0.15, 0.2) is 0 Å². The summed E-state index contributed by atoms with van der Waals surface area (Å²) >= 11 is 1.65. The number of rotatable bonds is 4. The quantitative estimate of drug-likeness (QED) is 0.930. The van der Waals surface area contributed by atoms with Crippen LogP contribution in [-0.4, -0.2) is 41.9 Å². The SMILES string of the molecule is CCO[C@H]1COC[C@@H]1Nc1nc(C)nc2ccsc12. The van der Waals surface area contributed by atoms with Gasteiger partial charge in [0.1, 0.15) is 17.7 Å². The Balaban J connectivity index is 1.86. The number of fused-ring (bicyclic) bond motifs is 1. The maximum Gasteiger partial charge on any atom is 0.148 e. The fourth-order valence-electron chi connectivity index (χ4n) is 2.30. The lowest BCUT2D eigenvalue weighted by Crippen LogP contribution is -2.34. The van der Waals surface area contributed by atoms with E-state index in [0.717, 1.165) is 21.9 Å². The van der Waals surface area contributed by atoms with Gasteiger partial charge in [-0.05, 0) is 25.3 Å². The third-order valence-corrected chi connectivity index (χ3v) is 4.06. The average Bonchev–Trinajstić information content (AvgIpc) is 2.99. The molecule has 0 saturated carbocycles. The van der Waals surface area contributed by atoms with Crippen molar-refractivity contribution in [1.82, 2.24) is 9.97 Å². The summed E-state index contributed by atoms with van der Waals surface area (Å²) in [5.74, 6) is 1.66. The van der Waals surface area contributed by atoms with Crippen molar-refractivity contribution in [2.24, 2.45) is 0 Å². The van der Waals surface area contributed by atoms with Gasteiger partial charge >= 0.3 is 0 Å². The number of nitrogens with one attached hydrogen (secondary N) is 1. The number of anilines is 1. The summed E-state index contributed by atoms with van der Waals surface area (Å²) in [6, 6.07) is 2.17. The highest BCUT2D eigenvalue weighted by atomic mass is 32.1. The molecule has 3 rings (SSSR count). The molecule has 102 valence electrons.